The number of phosphoric acid groups is 1. The molecule has 1 rings (SSSR count). The zero-order valence-electron chi connectivity index (χ0n) is 34.6. The molecule has 14 heteroatoms. The standard InChI is InChI=1S/C43H75O13P/c1-3-5-7-9-11-13-15-17-18-20-22-24-26-28-30-32-37(45)55-35(34-54-57(51,52)56-43-41(49)39(47)38(46)40(48)42(43)50)33-53-36(44)31-29-27-25-23-21-19-16-14-12-10-8-6-4-2/h11,13,17-19,21-22,24,35,38-43,46-50H,3-10,12,14-16,20,23,25-34H2,1-2H3,(H,51,52)/b13-11+,18-17+,21-19+,24-22+/t35-,38?,39-,40?,41?,42?,43?/m1/s1. The van der Waals surface area contributed by atoms with E-state index in [-0.39, 0.29) is 12.8 Å². The van der Waals surface area contributed by atoms with Gasteiger partial charge in [-0.25, -0.2) is 4.57 Å². The van der Waals surface area contributed by atoms with Crippen molar-refractivity contribution < 1.29 is 63.1 Å². The molecule has 0 heterocycles. The number of esters is 2. The van der Waals surface area contributed by atoms with Gasteiger partial charge in [-0.2, -0.15) is 0 Å². The van der Waals surface area contributed by atoms with E-state index < -0.39 is 75.7 Å². The van der Waals surface area contributed by atoms with Gasteiger partial charge in [0.2, 0.25) is 0 Å². The summed E-state index contributed by atoms with van der Waals surface area (Å²) >= 11 is 0. The lowest BCUT2D eigenvalue weighted by Crippen LogP contribution is -2.64. The highest BCUT2D eigenvalue weighted by Crippen LogP contribution is 2.47. The molecule has 8 atom stereocenters. The molecule has 6 unspecified atom stereocenters. The van der Waals surface area contributed by atoms with Crippen LogP contribution >= 0.6 is 7.82 Å². The summed E-state index contributed by atoms with van der Waals surface area (Å²) in [4.78, 5) is 35.5. The molecule has 1 aliphatic rings. The minimum absolute atomic E-state index is 0.0437. The first kappa shape index (κ1) is 52.8. The minimum Gasteiger partial charge on any atom is -0.462 e. The number of aliphatic hydroxyl groups excluding tert-OH is 5. The normalized spacial score (nSPS) is 23.2. The highest BCUT2D eigenvalue weighted by Gasteiger charge is 2.51. The molecule has 1 aliphatic carbocycles. The summed E-state index contributed by atoms with van der Waals surface area (Å²) in [6.45, 7) is 3.19. The number of carbonyl (C=O) groups is 2. The van der Waals surface area contributed by atoms with Crippen molar-refractivity contribution in [2.75, 3.05) is 13.2 Å². The number of allylic oxidation sites excluding steroid dienone is 8. The maximum Gasteiger partial charge on any atom is 0.472 e. The van der Waals surface area contributed by atoms with E-state index in [1.54, 1.807) is 0 Å². The van der Waals surface area contributed by atoms with Crippen LogP contribution in [0.15, 0.2) is 48.6 Å². The number of unbranched alkanes of at least 4 members (excludes halogenated alkanes) is 14. The lowest BCUT2D eigenvalue weighted by Gasteiger charge is -2.41. The molecular formula is C43H75O13P. The van der Waals surface area contributed by atoms with E-state index >= 15 is 0 Å². The molecule has 0 spiro atoms. The Morgan fingerprint density at radius 1 is 0.544 bits per heavy atom. The molecule has 330 valence electrons. The highest BCUT2D eigenvalue weighted by molar-refractivity contribution is 7.47. The monoisotopic (exact) mass is 830 g/mol. The Morgan fingerprint density at radius 2 is 0.947 bits per heavy atom. The number of hydrogen-bond donors (Lipinski definition) is 6. The smallest absolute Gasteiger partial charge is 0.462 e. The summed E-state index contributed by atoms with van der Waals surface area (Å²) < 4.78 is 33.4. The summed E-state index contributed by atoms with van der Waals surface area (Å²) in [6, 6.07) is 0. The van der Waals surface area contributed by atoms with Crippen LogP contribution in [0.4, 0.5) is 0 Å². The first-order valence-corrected chi connectivity index (χ1v) is 22.9. The van der Waals surface area contributed by atoms with Gasteiger partial charge in [0.1, 0.15) is 43.2 Å². The molecule has 0 saturated heterocycles. The van der Waals surface area contributed by atoms with Crippen LogP contribution in [0, 0.1) is 0 Å². The molecule has 1 saturated carbocycles. The number of phosphoric ester groups is 1. The molecule has 0 amide bonds. The van der Waals surface area contributed by atoms with Crippen molar-refractivity contribution in [1.82, 2.24) is 0 Å². The average Bonchev–Trinajstić information content (AvgIpc) is 3.19. The Kier molecular flexibility index (Phi) is 31.2. The molecule has 0 aromatic heterocycles. The van der Waals surface area contributed by atoms with E-state index in [1.807, 2.05) is 0 Å². The molecular weight excluding hydrogens is 755 g/mol. The van der Waals surface area contributed by atoms with Crippen molar-refractivity contribution in [2.45, 2.75) is 198 Å². The molecule has 0 radical (unpaired) electrons. The Balaban J connectivity index is 2.55. The Bertz CT molecular complexity index is 1190. The van der Waals surface area contributed by atoms with Crippen LogP contribution in [0.2, 0.25) is 0 Å². The lowest BCUT2D eigenvalue weighted by molar-refractivity contribution is -0.220. The molecule has 1 fully saturated rings. The first-order valence-electron chi connectivity index (χ1n) is 21.4. The van der Waals surface area contributed by atoms with E-state index in [0.29, 0.717) is 12.8 Å². The van der Waals surface area contributed by atoms with Gasteiger partial charge in [-0.15, -0.1) is 0 Å². The SMILES string of the molecule is CCCCC/C=C/C/C=C/C/C=C/CCCCC(=O)O[C@H](COC(=O)CCCCC/C=C/CCCCCCCC)COP(=O)(O)OC1C(O)C(O)C(O)[C@@H](O)C1O. The van der Waals surface area contributed by atoms with Crippen molar-refractivity contribution in [3.05, 3.63) is 48.6 Å². The largest absolute Gasteiger partial charge is 0.472 e. The molecule has 0 aliphatic heterocycles. The number of carbonyl (C=O) groups excluding carboxylic acids is 2. The third-order valence-corrected chi connectivity index (χ3v) is 10.6. The fourth-order valence-electron chi connectivity index (χ4n) is 6.11. The third kappa shape index (κ3) is 26.5. The predicted octanol–water partition coefficient (Wildman–Crippen LogP) is 7.61. The second-order valence-electron chi connectivity index (χ2n) is 14.8. The number of aliphatic hydroxyl groups is 5. The van der Waals surface area contributed by atoms with Crippen LogP contribution in [0.1, 0.15) is 155 Å². The van der Waals surface area contributed by atoms with Gasteiger partial charge in [-0.3, -0.25) is 18.6 Å². The van der Waals surface area contributed by atoms with Crippen LogP contribution in [0.5, 0.6) is 0 Å². The summed E-state index contributed by atoms with van der Waals surface area (Å²) in [6.07, 6.45) is 24.6. The van der Waals surface area contributed by atoms with Gasteiger partial charge in [0.05, 0.1) is 6.61 Å². The fourth-order valence-corrected chi connectivity index (χ4v) is 7.08. The second kappa shape index (κ2) is 33.6. The fraction of sp³-hybridized carbons (Fsp3) is 0.767. The lowest BCUT2D eigenvalue weighted by atomic mass is 9.85. The van der Waals surface area contributed by atoms with Crippen molar-refractivity contribution >= 4 is 19.8 Å². The topological polar surface area (TPSA) is 210 Å². The van der Waals surface area contributed by atoms with E-state index in [4.69, 9.17) is 18.5 Å². The van der Waals surface area contributed by atoms with Crippen molar-refractivity contribution in [1.29, 1.82) is 0 Å². The van der Waals surface area contributed by atoms with Crippen molar-refractivity contribution in [2.24, 2.45) is 0 Å². The quantitative estimate of drug-likeness (QED) is 0.0160. The predicted molar refractivity (Wildman–Crippen MR) is 221 cm³/mol. The third-order valence-electron chi connectivity index (χ3n) is 9.64. The maximum absolute atomic E-state index is 12.8. The number of hydrogen-bond acceptors (Lipinski definition) is 12. The second-order valence-corrected chi connectivity index (χ2v) is 16.2. The Labute approximate surface area is 341 Å². The van der Waals surface area contributed by atoms with Gasteiger partial charge in [0.15, 0.2) is 6.10 Å². The van der Waals surface area contributed by atoms with Gasteiger partial charge >= 0.3 is 19.8 Å². The van der Waals surface area contributed by atoms with Crippen LogP contribution in [0.25, 0.3) is 0 Å². The van der Waals surface area contributed by atoms with E-state index in [1.165, 1.54) is 57.8 Å². The molecule has 6 N–H and O–H groups in total. The van der Waals surface area contributed by atoms with Crippen LogP contribution < -0.4 is 0 Å². The molecule has 0 aromatic rings. The van der Waals surface area contributed by atoms with Crippen LogP contribution in [0.3, 0.4) is 0 Å². The van der Waals surface area contributed by atoms with Gasteiger partial charge in [0, 0.05) is 12.8 Å². The van der Waals surface area contributed by atoms with Gasteiger partial charge < -0.3 is 39.9 Å². The molecule has 0 bridgehead atoms. The van der Waals surface area contributed by atoms with E-state index in [9.17, 15) is 44.6 Å². The van der Waals surface area contributed by atoms with Gasteiger partial charge in [-0.05, 0) is 77.0 Å². The van der Waals surface area contributed by atoms with Gasteiger partial charge in [0.25, 0.3) is 0 Å². The van der Waals surface area contributed by atoms with E-state index in [0.717, 1.165) is 57.8 Å². The van der Waals surface area contributed by atoms with E-state index in [2.05, 4.69) is 62.5 Å². The van der Waals surface area contributed by atoms with Gasteiger partial charge in [-0.1, -0.05) is 114 Å². The van der Waals surface area contributed by atoms with Crippen molar-refractivity contribution in [3.63, 3.8) is 0 Å². The van der Waals surface area contributed by atoms with Crippen molar-refractivity contribution in [3.8, 4) is 0 Å². The highest BCUT2D eigenvalue weighted by atomic mass is 31.2. The zero-order chi connectivity index (χ0) is 42.2. The number of rotatable bonds is 34. The van der Waals surface area contributed by atoms with Crippen LogP contribution in [-0.4, -0.2) is 98.3 Å². The maximum atomic E-state index is 12.8. The molecule has 13 nitrogen and oxygen atoms in total. The first-order chi connectivity index (χ1) is 27.4. The average molecular weight is 831 g/mol. The molecule has 57 heavy (non-hydrogen) atoms. The van der Waals surface area contributed by atoms with Crippen LogP contribution in [-0.2, 0) is 32.7 Å². The Morgan fingerprint density at radius 3 is 1.53 bits per heavy atom. The minimum atomic E-state index is -5.13. The summed E-state index contributed by atoms with van der Waals surface area (Å²) in [5, 5.41) is 50.0. The number of ether oxygens (including phenoxy) is 2. The summed E-state index contributed by atoms with van der Waals surface area (Å²) in [5.74, 6) is -1.17. The Hall–Kier alpha value is -2.19. The molecule has 0 aromatic carbocycles. The summed E-state index contributed by atoms with van der Waals surface area (Å²) in [7, 11) is -5.13. The zero-order valence-corrected chi connectivity index (χ0v) is 35.5. The summed E-state index contributed by atoms with van der Waals surface area (Å²) in [5.41, 5.74) is 0.